The smallest absolute Gasteiger partial charge is 0.286 e. The Labute approximate surface area is 182 Å². The Morgan fingerprint density at radius 3 is 2.79 bits per heavy atom. The summed E-state index contributed by atoms with van der Waals surface area (Å²) >= 11 is 15.2. The van der Waals surface area contributed by atoms with Crippen molar-refractivity contribution in [2.24, 2.45) is 4.99 Å². The van der Waals surface area contributed by atoms with Crippen molar-refractivity contribution in [2.45, 2.75) is 19.9 Å². The molecule has 0 unspecified atom stereocenters. The van der Waals surface area contributed by atoms with Gasteiger partial charge in [-0.2, -0.15) is 16.8 Å². The molecule has 0 aliphatic rings. The quantitative estimate of drug-likeness (QED) is 0.477. The van der Waals surface area contributed by atoms with Gasteiger partial charge in [0.15, 0.2) is 11.4 Å². The number of hydrogen-bond acceptors (Lipinski definition) is 4. The number of halogens is 2. The Bertz CT molecular complexity index is 1060. The van der Waals surface area contributed by atoms with Gasteiger partial charge in [0.05, 0.1) is 15.2 Å². The van der Waals surface area contributed by atoms with Crippen LogP contribution in [0.4, 0.5) is 0 Å². The van der Waals surface area contributed by atoms with Crippen molar-refractivity contribution in [1.82, 2.24) is 4.57 Å². The molecular weight excluding hydrogens is 435 g/mol. The van der Waals surface area contributed by atoms with Crippen LogP contribution in [0.15, 0.2) is 41.4 Å². The average molecular weight is 455 g/mol. The second-order valence-electron chi connectivity index (χ2n) is 6.05. The zero-order valence-electron chi connectivity index (χ0n) is 15.6. The van der Waals surface area contributed by atoms with E-state index in [4.69, 9.17) is 27.9 Å². The molecule has 3 aromatic rings. The summed E-state index contributed by atoms with van der Waals surface area (Å²) in [4.78, 5) is 17.4. The third-order valence-corrected chi connectivity index (χ3v) is 6.30. The first-order valence-electron chi connectivity index (χ1n) is 8.78. The van der Waals surface area contributed by atoms with Crippen LogP contribution in [0, 0.1) is 0 Å². The number of benzene rings is 2. The van der Waals surface area contributed by atoms with Gasteiger partial charge >= 0.3 is 0 Å². The van der Waals surface area contributed by atoms with Crippen LogP contribution in [-0.2, 0) is 17.8 Å². The summed E-state index contributed by atoms with van der Waals surface area (Å²) in [6.45, 7) is 2.74. The van der Waals surface area contributed by atoms with Gasteiger partial charge in [0, 0.05) is 17.3 Å². The highest BCUT2D eigenvalue weighted by molar-refractivity contribution is 7.98. The predicted molar refractivity (Wildman–Crippen MR) is 120 cm³/mol. The van der Waals surface area contributed by atoms with E-state index in [1.54, 1.807) is 30.0 Å². The van der Waals surface area contributed by atoms with Crippen molar-refractivity contribution in [1.29, 1.82) is 0 Å². The summed E-state index contributed by atoms with van der Waals surface area (Å²) < 4.78 is 8.75. The maximum Gasteiger partial charge on any atom is 0.286 e. The summed E-state index contributed by atoms with van der Waals surface area (Å²) in [5.74, 6) is 1.000. The Balaban J connectivity index is 1.87. The Morgan fingerprint density at radius 1 is 1.25 bits per heavy atom. The molecule has 3 rings (SSSR count). The van der Waals surface area contributed by atoms with E-state index in [2.05, 4.69) is 40.9 Å². The number of nitrogens with zero attached hydrogens (tertiary/aromatic N) is 2. The van der Waals surface area contributed by atoms with E-state index in [1.165, 1.54) is 16.9 Å². The lowest BCUT2D eigenvalue weighted by Gasteiger charge is -2.06. The SMILES string of the molecule is CCc1ccc2c(c1)sc(=NC(=O)COc1ccc(Cl)cc1Cl)n2CCSC. The van der Waals surface area contributed by atoms with Crippen molar-refractivity contribution in [3.05, 3.63) is 56.8 Å². The standard InChI is InChI=1S/C20H20Cl2N2O2S2/c1-3-13-4-6-16-18(10-13)28-20(24(16)8-9-27-2)23-19(25)12-26-17-7-5-14(21)11-15(17)22/h4-7,10-11H,3,8-9,12H2,1-2H3. The van der Waals surface area contributed by atoms with Crippen molar-refractivity contribution >= 4 is 62.4 Å². The maximum absolute atomic E-state index is 12.4. The monoisotopic (exact) mass is 454 g/mol. The van der Waals surface area contributed by atoms with E-state index in [0.717, 1.165) is 28.9 Å². The zero-order valence-corrected chi connectivity index (χ0v) is 18.7. The number of aryl methyl sites for hydroxylation is 2. The predicted octanol–water partition coefficient (Wildman–Crippen LogP) is 5.44. The lowest BCUT2D eigenvalue weighted by atomic mass is 10.2. The normalized spacial score (nSPS) is 11.9. The van der Waals surface area contributed by atoms with Crippen LogP contribution < -0.4 is 9.54 Å². The van der Waals surface area contributed by atoms with Crippen molar-refractivity contribution in [3.63, 3.8) is 0 Å². The highest BCUT2D eigenvalue weighted by Gasteiger charge is 2.10. The molecule has 0 aliphatic carbocycles. The van der Waals surface area contributed by atoms with E-state index in [0.29, 0.717) is 20.6 Å². The maximum atomic E-state index is 12.4. The minimum atomic E-state index is -0.355. The molecule has 0 saturated heterocycles. The number of thioether (sulfide) groups is 1. The van der Waals surface area contributed by atoms with E-state index in [-0.39, 0.29) is 12.5 Å². The second kappa shape index (κ2) is 9.83. The number of hydrogen-bond donors (Lipinski definition) is 0. The molecule has 0 N–H and O–H groups in total. The van der Waals surface area contributed by atoms with Gasteiger partial charge in [-0.15, -0.1) is 0 Å². The molecule has 0 spiro atoms. The molecule has 0 atom stereocenters. The second-order valence-corrected chi connectivity index (χ2v) is 8.89. The van der Waals surface area contributed by atoms with Crippen LogP contribution in [0.25, 0.3) is 10.2 Å². The number of ether oxygens (including phenoxy) is 1. The first kappa shape index (κ1) is 21.2. The summed E-state index contributed by atoms with van der Waals surface area (Å²) in [5, 5.41) is 0.879. The highest BCUT2D eigenvalue weighted by atomic mass is 35.5. The molecule has 8 heteroatoms. The molecule has 1 heterocycles. The zero-order chi connectivity index (χ0) is 20.1. The van der Waals surface area contributed by atoms with Crippen LogP contribution in [0.1, 0.15) is 12.5 Å². The Hall–Kier alpha value is -1.47. The Kier molecular flexibility index (Phi) is 7.46. The molecule has 28 heavy (non-hydrogen) atoms. The third-order valence-electron chi connectivity index (χ3n) is 4.14. The molecule has 2 aromatic carbocycles. The fourth-order valence-corrected chi connectivity index (χ4v) is 4.66. The molecule has 0 bridgehead atoms. The average Bonchev–Trinajstić information content (AvgIpc) is 3.01. The highest BCUT2D eigenvalue weighted by Crippen LogP contribution is 2.27. The third kappa shape index (κ3) is 5.11. The lowest BCUT2D eigenvalue weighted by molar-refractivity contribution is -0.120. The summed E-state index contributed by atoms with van der Waals surface area (Å²) in [6, 6.07) is 11.3. The van der Waals surface area contributed by atoms with Crippen molar-refractivity contribution in [2.75, 3.05) is 18.6 Å². The van der Waals surface area contributed by atoms with Crippen molar-refractivity contribution in [3.8, 4) is 5.75 Å². The summed E-state index contributed by atoms with van der Waals surface area (Å²) in [5.41, 5.74) is 2.37. The summed E-state index contributed by atoms with van der Waals surface area (Å²) in [6.07, 6.45) is 3.04. The van der Waals surface area contributed by atoms with Crippen LogP contribution in [0.2, 0.25) is 10.0 Å². The molecule has 4 nitrogen and oxygen atoms in total. The Morgan fingerprint density at radius 2 is 2.07 bits per heavy atom. The fourth-order valence-electron chi connectivity index (χ4n) is 2.69. The van der Waals surface area contributed by atoms with E-state index in [9.17, 15) is 4.79 Å². The van der Waals surface area contributed by atoms with Gasteiger partial charge in [-0.05, 0) is 48.6 Å². The van der Waals surface area contributed by atoms with Gasteiger partial charge in [0.25, 0.3) is 5.91 Å². The van der Waals surface area contributed by atoms with Gasteiger partial charge in [-0.1, -0.05) is 47.5 Å². The molecular formula is C20H20Cl2N2O2S2. The van der Waals surface area contributed by atoms with Crippen LogP contribution in [0.3, 0.4) is 0 Å². The summed E-state index contributed by atoms with van der Waals surface area (Å²) in [7, 11) is 0. The van der Waals surface area contributed by atoms with Gasteiger partial charge in [-0.3, -0.25) is 4.79 Å². The molecule has 0 saturated carbocycles. The number of thiazole rings is 1. The van der Waals surface area contributed by atoms with Crippen molar-refractivity contribution < 1.29 is 9.53 Å². The lowest BCUT2D eigenvalue weighted by Crippen LogP contribution is -2.20. The van der Waals surface area contributed by atoms with E-state index < -0.39 is 0 Å². The minimum Gasteiger partial charge on any atom is -0.482 e. The number of carbonyl (C=O) groups excluding carboxylic acids is 1. The molecule has 1 amide bonds. The van der Waals surface area contributed by atoms with Crippen LogP contribution >= 0.6 is 46.3 Å². The largest absolute Gasteiger partial charge is 0.482 e. The van der Waals surface area contributed by atoms with Gasteiger partial charge < -0.3 is 9.30 Å². The molecule has 148 valence electrons. The van der Waals surface area contributed by atoms with Crippen LogP contribution in [0.5, 0.6) is 5.75 Å². The molecule has 1 aromatic heterocycles. The van der Waals surface area contributed by atoms with Gasteiger partial charge in [0.2, 0.25) is 0 Å². The first-order chi connectivity index (χ1) is 13.5. The van der Waals surface area contributed by atoms with Gasteiger partial charge in [0.1, 0.15) is 5.75 Å². The molecule has 0 fully saturated rings. The first-order valence-corrected chi connectivity index (χ1v) is 11.7. The number of rotatable bonds is 7. The number of fused-ring (bicyclic) bond motifs is 1. The fraction of sp³-hybridized carbons (Fsp3) is 0.300. The number of amides is 1. The number of carbonyl (C=O) groups is 1. The van der Waals surface area contributed by atoms with Crippen LogP contribution in [-0.4, -0.2) is 29.1 Å². The molecule has 0 radical (unpaired) electrons. The molecule has 0 aliphatic heterocycles. The van der Waals surface area contributed by atoms with Gasteiger partial charge in [-0.25, -0.2) is 0 Å². The van der Waals surface area contributed by atoms with E-state index in [1.807, 2.05) is 0 Å². The minimum absolute atomic E-state index is 0.182. The van der Waals surface area contributed by atoms with E-state index >= 15 is 0 Å². The topological polar surface area (TPSA) is 43.6 Å². The number of aromatic nitrogens is 1.